The van der Waals surface area contributed by atoms with E-state index >= 15 is 0 Å². The molecule has 0 saturated carbocycles. The average Bonchev–Trinajstić information content (AvgIpc) is 2.61. The first-order valence-corrected chi connectivity index (χ1v) is 9.19. The van der Waals surface area contributed by atoms with Crippen LogP contribution in [0.25, 0.3) is 0 Å². The number of hydrogen-bond donors (Lipinski definition) is 2. The van der Waals surface area contributed by atoms with Gasteiger partial charge >= 0.3 is 6.18 Å². The highest BCUT2D eigenvalue weighted by Crippen LogP contribution is 2.34. The second kappa shape index (κ2) is 8.81. The van der Waals surface area contributed by atoms with Gasteiger partial charge in [0.2, 0.25) is 0 Å². The molecule has 0 spiro atoms. The van der Waals surface area contributed by atoms with Crippen LogP contribution in [0.3, 0.4) is 0 Å². The van der Waals surface area contributed by atoms with Crippen molar-refractivity contribution in [3.63, 3.8) is 0 Å². The maximum absolute atomic E-state index is 12.9. The lowest BCUT2D eigenvalue weighted by Crippen LogP contribution is -2.13. The zero-order chi connectivity index (χ0) is 20.2. The molecule has 10 heteroatoms. The van der Waals surface area contributed by atoms with Crippen LogP contribution in [0.4, 0.5) is 24.5 Å². The first-order chi connectivity index (χ1) is 12.7. The van der Waals surface area contributed by atoms with Crippen molar-refractivity contribution < 1.29 is 18.0 Å². The number of hydrogen-bond acceptors (Lipinski definition) is 6. The van der Waals surface area contributed by atoms with Crippen molar-refractivity contribution in [3.8, 4) is 0 Å². The van der Waals surface area contributed by atoms with Crippen LogP contribution in [0, 0.1) is 5.21 Å². The van der Waals surface area contributed by atoms with Gasteiger partial charge in [-0.25, -0.2) is 4.98 Å². The predicted molar refractivity (Wildman–Crippen MR) is 102 cm³/mol. The molecule has 0 unspecified atom stereocenters. The van der Waals surface area contributed by atoms with Crippen LogP contribution in [0.15, 0.2) is 29.3 Å². The lowest BCUT2D eigenvalue weighted by atomic mass is 10.0. The number of nitrogens with one attached hydrogen (secondary N) is 2. The molecule has 1 aromatic carbocycles. The number of ketones is 1. The summed E-state index contributed by atoms with van der Waals surface area (Å²) in [5, 5.41) is 13.9. The summed E-state index contributed by atoms with van der Waals surface area (Å²) in [5.41, 5.74) is 1.30. The summed E-state index contributed by atoms with van der Waals surface area (Å²) in [6.45, 7) is 1.88. The molecule has 27 heavy (non-hydrogen) atoms. The molecule has 2 aromatic rings. The van der Waals surface area contributed by atoms with Gasteiger partial charge in [-0.2, -0.15) is 13.2 Å². The molecule has 0 radical (unpaired) electrons. The van der Waals surface area contributed by atoms with Crippen LogP contribution in [0.2, 0.25) is 5.02 Å². The number of anilines is 2. The lowest BCUT2D eigenvalue weighted by molar-refractivity contribution is -0.141. The maximum Gasteiger partial charge on any atom is 0.433 e. The molecule has 2 N–H and O–H groups in total. The molecular formula is C17H16ClF3N3O2S-. The van der Waals surface area contributed by atoms with E-state index in [0.29, 0.717) is 16.3 Å². The van der Waals surface area contributed by atoms with E-state index in [1.54, 1.807) is 5.48 Å². The smallest absolute Gasteiger partial charge is 0.433 e. The van der Waals surface area contributed by atoms with Crippen molar-refractivity contribution in [1.29, 1.82) is 0 Å². The van der Waals surface area contributed by atoms with Crippen LogP contribution < -0.4 is 10.8 Å². The number of rotatable bonds is 7. The van der Waals surface area contributed by atoms with Crippen molar-refractivity contribution >= 4 is 40.5 Å². The van der Waals surface area contributed by atoms with E-state index in [1.807, 2.05) is 6.92 Å². The summed E-state index contributed by atoms with van der Waals surface area (Å²) in [7, 11) is 1.53. The average molecular weight is 419 g/mol. The number of carbonyl (C=O) groups excluding carboxylic acids is 1. The minimum atomic E-state index is -4.62. The van der Waals surface area contributed by atoms with Crippen LogP contribution in [-0.2, 0) is 12.6 Å². The Morgan fingerprint density at radius 2 is 2.00 bits per heavy atom. The van der Waals surface area contributed by atoms with Gasteiger partial charge in [-0.1, -0.05) is 18.5 Å². The van der Waals surface area contributed by atoms with Crippen LogP contribution in [-0.4, -0.2) is 23.6 Å². The monoisotopic (exact) mass is 418 g/mol. The SMILES string of the molecule is CCSc1cc(Cl)c(N[O-])cc1C(=O)Cc1cc(C(F)(F)F)ncc1NC. The van der Waals surface area contributed by atoms with Gasteiger partial charge in [0.1, 0.15) is 5.69 Å². The molecule has 1 heterocycles. The van der Waals surface area contributed by atoms with Gasteiger partial charge in [-0.05, 0) is 29.5 Å². The number of aromatic nitrogens is 1. The van der Waals surface area contributed by atoms with E-state index in [9.17, 15) is 23.2 Å². The zero-order valence-electron chi connectivity index (χ0n) is 14.4. The lowest BCUT2D eigenvalue weighted by Gasteiger charge is -2.17. The van der Waals surface area contributed by atoms with Crippen LogP contribution in [0.1, 0.15) is 28.5 Å². The molecule has 0 aliphatic carbocycles. The van der Waals surface area contributed by atoms with Crippen LogP contribution in [0.5, 0.6) is 0 Å². The predicted octanol–water partition coefficient (Wildman–Crippen LogP) is 5.24. The number of nitrogens with zero attached hydrogens (tertiary/aromatic N) is 1. The third-order valence-corrected chi connectivity index (χ3v) is 4.93. The van der Waals surface area contributed by atoms with Gasteiger partial charge in [-0.3, -0.25) is 4.79 Å². The molecule has 0 aliphatic heterocycles. The highest BCUT2D eigenvalue weighted by Gasteiger charge is 2.33. The maximum atomic E-state index is 12.9. The third-order valence-electron chi connectivity index (χ3n) is 3.68. The normalized spacial score (nSPS) is 11.4. The minimum absolute atomic E-state index is 0.0278. The summed E-state index contributed by atoms with van der Waals surface area (Å²) in [4.78, 5) is 16.7. The van der Waals surface area contributed by atoms with Gasteiger partial charge in [0.05, 0.1) is 16.9 Å². The molecule has 1 aromatic heterocycles. The standard InChI is InChI=1S/C17H16ClF3N3O2S/c1-3-27-15-7-11(18)12(24-26)6-10(15)14(25)4-9-5-16(17(19,20)21)23-8-13(9)22-2/h5-8,22,24H,3-4H2,1-2H3/q-1. The van der Waals surface area contributed by atoms with E-state index in [1.165, 1.54) is 30.9 Å². The van der Waals surface area contributed by atoms with Crippen LogP contribution >= 0.6 is 23.4 Å². The van der Waals surface area contributed by atoms with Gasteiger partial charge in [0.15, 0.2) is 5.78 Å². The second-order valence-corrected chi connectivity index (χ2v) is 7.15. The van der Waals surface area contributed by atoms with E-state index < -0.39 is 17.7 Å². The third kappa shape index (κ3) is 5.06. The molecule has 0 saturated heterocycles. The number of pyridine rings is 1. The molecule has 0 fully saturated rings. The van der Waals surface area contributed by atoms with Crippen molar-refractivity contribution in [2.45, 2.75) is 24.4 Å². The number of halogens is 4. The molecule has 146 valence electrons. The fraction of sp³-hybridized carbons (Fsp3) is 0.294. The number of carbonyl (C=O) groups is 1. The topological polar surface area (TPSA) is 77.1 Å². The van der Waals surface area contributed by atoms with Crippen molar-refractivity contribution in [1.82, 2.24) is 4.98 Å². The van der Waals surface area contributed by atoms with Crippen molar-refractivity contribution in [2.75, 3.05) is 23.6 Å². The Hall–Kier alpha value is -1.97. The Balaban J connectivity index is 2.45. The summed E-state index contributed by atoms with van der Waals surface area (Å²) < 4.78 is 38.8. The second-order valence-electron chi connectivity index (χ2n) is 5.44. The number of benzene rings is 1. The summed E-state index contributed by atoms with van der Waals surface area (Å²) in [6, 6.07) is 3.66. The largest absolute Gasteiger partial charge is 0.761 e. The summed E-state index contributed by atoms with van der Waals surface area (Å²) in [5.74, 6) is 0.214. The van der Waals surface area contributed by atoms with Crippen molar-refractivity contribution in [3.05, 3.63) is 51.4 Å². The Labute approximate surface area is 163 Å². The Bertz CT molecular complexity index is 847. The molecular weight excluding hydrogens is 403 g/mol. The zero-order valence-corrected chi connectivity index (χ0v) is 16.0. The molecule has 0 aliphatic rings. The van der Waals surface area contributed by atoms with E-state index in [2.05, 4.69) is 10.3 Å². The van der Waals surface area contributed by atoms with Gasteiger partial charge in [0, 0.05) is 29.6 Å². The highest BCUT2D eigenvalue weighted by molar-refractivity contribution is 7.99. The number of thioether (sulfide) groups is 1. The Morgan fingerprint density at radius 1 is 1.30 bits per heavy atom. The van der Waals surface area contributed by atoms with Gasteiger partial charge < -0.3 is 16.0 Å². The quantitative estimate of drug-likeness (QED) is 0.363. The van der Waals surface area contributed by atoms with Gasteiger partial charge in [0.25, 0.3) is 0 Å². The Kier molecular flexibility index (Phi) is 6.96. The Morgan fingerprint density at radius 3 is 2.56 bits per heavy atom. The first-order valence-electron chi connectivity index (χ1n) is 7.82. The number of alkyl halides is 3. The van der Waals surface area contributed by atoms with E-state index in [0.717, 1.165) is 12.3 Å². The molecule has 5 nitrogen and oxygen atoms in total. The van der Waals surface area contributed by atoms with Crippen molar-refractivity contribution in [2.24, 2.45) is 0 Å². The molecule has 0 bridgehead atoms. The minimum Gasteiger partial charge on any atom is -0.761 e. The van der Waals surface area contributed by atoms with E-state index in [-0.39, 0.29) is 28.3 Å². The first kappa shape index (κ1) is 21.3. The number of Topliss-reactive ketones (excluding diaryl/α,β-unsaturated/α-hetero) is 1. The molecule has 2 rings (SSSR count). The van der Waals surface area contributed by atoms with Gasteiger partial charge in [-0.15, -0.1) is 11.8 Å². The molecule has 0 amide bonds. The fourth-order valence-corrected chi connectivity index (χ4v) is 3.53. The summed E-state index contributed by atoms with van der Waals surface area (Å²) >= 11 is 7.34. The fourth-order valence-electron chi connectivity index (χ4n) is 2.42. The highest BCUT2D eigenvalue weighted by atomic mass is 35.5. The summed E-state index contributed by atoms with van der Waals surface area (Å²) in [6.07, 6.45) is -3.87. The van der Waals surface area contributed by atoms with E-state index in [4.69, 9.17) is 11.6 Å². The molecule has 0 atom stereocenters.